The van der Waals surface area contributed by atoms with Crippen LogP contribution in [0.5, 0.6) is 0 Å². The van der Waals surface area contributed by atoms with Crippen LogP contribution in [0.4, 0.5) is 0 Å². The molecule has 2 N–H and O–H groups in total. The summed E-state index contributed by atoms with van der Waals surface area (Å²) in [4.78, 5) is 0. The average molecular weight is 290 g/mol. The molecule has 92 valence electrons. The van der Waals surface area contributed by atoms with E-state index >= 15 is 0 Å². The molecule has 0 fully saturated rings. The maximum atomic E-state index is 5.98. The standard InChI is InChI=1S/C11H13Cl2N3S/c1-7(2)15-11(17)16-14-6-8-9(12)4-3-5-10(8)13/h3-7H,1-2H3,(H2,15,16,17)/b14-6-. The van der Waals surface area contributed by atoms with Gasteiger partial charge in [-0.1, -0.05) is 29.3 Å². The maximum Gasteiger partial charge on any atom is 0.187 e. The topological polar surface area (TPSA) is 36.4 Å². The van der Waals surface area contributed by atoms with Crippen LogP contribution in [0.3, 0.4) is 0 Å². The van der Waals surface area contributed by atoms with Crippen molar-refractivity contribution in [1.82, 2.24) is 10.7 Å². The smallest absolute Gasteiger partial charge is 0.187 e. The first-order valence-corrected chi connectivity index (χ1v) is 6.20. The summed E-state index contributed by atoms with van der Waals surface area (Å²) >= 11 is 17.0. The quantitative estimate of drug-likeness (QED) is 0.510. The van der Waals surface area contributed by atoms with Crippen LogP contribution in [0, 0.1) is 0 Å². The summed E-state index contributed by atoms with van der Waals surface area (Å²) in [5.41, 5.74) is 3.35. The largest absolute Gasteiger partial charge is 0.359 e. The summed E-state index contributed by atoms with van der Waals surface area (Å²) in [5.74, 6) is 0. The van der Waals surface area contributed by atoms with E-state index in [0.29, 0.717) is 20.7 Å². The summed E-state index contributed by atoms with van der Waals surface area (Å²) in [7, 11) is 0. The summed E-state index contributed by atoms with van der Waals surface area (Å²) in [6.07, 6.45) is 1.54. The van der Waals surface area contributed by atoms with Crippen molar-refractivity contribution in [3.05, 3.63) is 33.8 Å². The minimum Gasteiger partial charge on any atom is -0.359 e. The van der Waals surface area contributed by atoms with E-state index in [2.05, 4.69) is 15.8 Å². The van der Waals surface area contributed by atoms with Gasteiger partial charge in [-0.05, 0) is 38.2 Å². The monoisotopic (exact) mass is 289 g/mol. The lowest BCUT2D eigenvalue weighted by molar-refractivity contribution is 0.720. The highest BCUT2D eigenvalue weighted by atomic mass is 35.5. The molecule has 1 rings (SSSR count). The molecule has 17 heavy (non-hydrogen) atoms. The summed E-state index contributed by atoms with van der Waals surface area (Å²) < 4.78 is 0. The molecular formula is C11H13Cl2N3S. The van der Waals surface area contributed by atoms with Gasteiger partial charge in [-0.3, -0.25) is 5.43 Å². The fourth-order valence-electron chi connectivity index (χ4n) is 1.08. The van der Waals surface area contributed by atoms with E-state index in [1.165, 1.54) is 0 Å². The van der Waals surface area contributed by atoms with E-state index in [4.69, 9.17) is 35.4 Å². The second-order valence-corrected chi connectivity index (χ2v) is 4.86. The van der Waals surface area contributed by atoms with Crippen LogP contribution >= 0.6 is 35.4 Å². The minimum absolute atomic E-state index is 0.258. The van der Waals surface area contributed by atoms with Crippen LogP contribution in [0.15, 0.2) is 23.3 Å². The van der Waals surface area contributed by atoms with Crippen molar-refractivity contribution in [3.8, 4) is 0 Å². The molecule has 1 aromatic carbocycles. The Kier molecular flexibility index (Phi) is 5.68. The van der Waals surface area contributed by atoms with Crippen LogP contribution in [0.2, 0.25) is 10.0 Å². The number of hydrogen-bond acceptors (Lipinski definition) is 2. The van der Waals surface area contributed by atoms with Crippen molar-refractivity contribution in [2.45, 2.75) is 19.9 Å². The lowest BCUT2D eigenvalue weighted by atomic mass is 10.2. The van der Waals surface area contributed by atoms with E-state index in [9.17, 15) is 0 Å². The van der Waals surface area contributed by atoms with Crippen molar-refractivity contribution in [2.75, 3.05) is 0 Å². The fourth-order valence-corrected chi connectivity index (χ4v) is 1.87. The summed E-state index contributed by atoms with van der Waals surface area (Å²) in [5, 5.41) is 8.52. The van der Waals surface area contributed by atoms with Crippen molar-refractivity contribution >= 4 is 46.7 Å². The van der Waals surface area contributed by atoms with Gasteiger partial charge in [-0.25, -0.2) is 0 Å². The van der Waals surface area contributed by atoms with Gasteiger partial charge in [0.15, 0.2) is 5.11 Å². The first kappa shape index (κ1) is 14.2. The van der Waals surface area contributed by atoms with E-state index < -0.39 is 0 Å². The minimum atomic E-state index is 0.258. The Labute approximate surface area is 116 Å². The number of nitrogens with zero attached hydrogens (tertiary/aromatic N) is 1. The number of thiocarbonyl (C=S) groups is 1. The molecule has 0 radical (unpaired) electrons. The van der Waals surface area contributed by atoms with Crippen molar-refractivity contribution in [1.29, 1.82) is 0 Å². The molecule has 0 saturated carbocycles. The molecule has 0 aliphatic rings. The SMILES string of the molecule is CC(C)NC(=S)N/N=C\c1c(Cl)cccc1Cl. The zero-order valence-electron chi connectivity index (χ0n) is 9.50. The molecule has 0 unspecified atom stereocenters. The van der Waals surface area contributed by atoms with Gasteiger partial charge in [0.05, 0.1) is 16.3 Å². The van der Waals surface area contributed by atoms with Crippen LogP contribution in [0.1, 0.15) is 19.4 Å². The lowest BCUT2D eigenvalue weighted by Gasteiger charge is -2.09. The molecule has 0 atom stereocenters. The molecule has 0 spiro atoms. The number of benzene rings is 1. The molecule has 0 aromatic heterocycles. The van der Waals surface area contributed by atoms with Gasteiger partial charge in [0.1, 0.15) is 0 Å². The molecule has 3 nitrogen and oxygen atoms in total. The predicted molar refractivity (Wildman–Crippen MR) is 78.1 cm³/mol. The first-order valence-electron chi connectivity index (χ1n) is 5.04. The molecule has 0 amide bonds. The summed E-state index contributed by atoms with van der Waals surface area (Å²) in [6.45, 7) is 3.98. The van der Waals surface area contributed by atoms with Crippen molar-refractivity contribution in [2.24, 2.45) is 5.10 Å². The van der Waals surface area contributed by atoms with Crippen molar-refractivity contribution < 1.29 is 0 Å². The van der Waals surface area contributed by atoms with Gasteiger partial charge in [0, 0.05) is 11.6 Å². The highest BCUT2D eigenvalue weighted by Crippen LogP contribution is 2.21. The lowest BCUT2D eigenvalue weighted by Crippen LogP contribution is -2.36. The molecule has 0 aliphatic heterocycles. The Balaban J connectivity index is 2.63. The molecule has 0 heterocycles. The maximum absolute atomic E-state index is 5.98. The second kappa shape index (κ2) is 6.79. The summed E-state index contributed by atoms with van der Waals surface area (Å²) in [6, 6.07) is 5.54. The molecule has 6 heteroatoms. The molecular weight excluding hydrogens is 277 g/mol. The number of rotatable bonds is 3. The van der Waals surface area contributed by atoms with Crippen LogP contribution in [0.25, 0.3) is 0 Å². The zero-order chi connectivity index (χ0) is 12.8. The van der Waals surface area contributed by atoms with Gasteiger partial charge >= 0.3 is 0 Å². The third kappa shape index (κ3) is 4.89. The van der Waals surface area contributed by atoms with E-state index in [1.54, 1.807) is 24.4 Å². The molecule has 1 aromatic rings. The molecule has 0 aliphatic carbocycles. The van der Waals surface area contributed by atoms with Crippen molar-refractivity contribution in [3.63, 3.8) is 0 Å². The second-order valence-electron chi connectivity index (χ2n) is 3.63. The van der Waals surface area contributed by atoms with E-state index in [1.807, 2.05) is 13.8 Å². The Morgan fingerprint density at radius 2 is 1.94 bits per heavy atom. The fraction of sp³-hybridized carbons (Fsp3) is 0.273. The predicted octanol–water partition coefficient (Wildman–Crippen LogP) is 3.20. The van der Waals surface area contributed by atoms with Crippen LogP contribution < -0.4 is 10.7 Å². The van der Waals surface area contributed by atoms with Gasteiger partial charge in [0.2, 0.25) is 0 Å². The molecule has 0 bridgehead atoms. The highest BCUT2D eigenvalue weighted by molar-refractivity contribution is 7.80. The zero-order valence-corrected chi connectivity index (χ0v) is 11.8. The first-order chi connectivity index (χ1) is 8.00. The normalized spacial score (nSPS) is 10.9. The van der Waals surface area contributed by atoms with E-state index in [0.717, 1.165) is 0 Å². The van der Waals surface area contributed by atoms with Gasteiger partial charge in [0.25, 0.3) is 0 Å². The molecule has 0 saturated heterocycles. The number of halogens is 2. The Morgan fingerprint density at radius 1 is 1.35 bits per heavy atom. The van der Waals surface area contributed by atoms with Gasteiger partial charge in [-0.2, -0.15) is 5.10 Å². The number of nitrogens with one attached hydrogen (secondary N) is 2. The van der Waals surface area contributed by atoms with Gasteiger partial charge < -0.3 is 5.32 Å². The van der Waals surface area contributed by atoms with Crippen LogP contribution in [-0.2, 0) is 0 Å². The Hall–Kier alpha value is -0.840. The van der Waals surface area contributed by atoms with E-state index in [-0.39, 0.29) is 6.04 Å². The van der Waals surface area contributed by atoms with Gasteiger partial charge in [-0.15, -0.1) is 0 Å². The third-order valence-electron chi connectivity index (χ3n) is 1.78. The van der Waals surface area contributed by atoms with Crippen LogP contribution in [-0.4, -0.2) is 17.4 Å². The Morgan fingerprint density at radius 3 is 2.47 bits per heavy atom. The highest BCUT2D eigenvalue weighted by Gasteiger charge is 2.02. The average Bonchev–Trinajstić information content (AvgIpc) is 2.21. The number of hydrazone groups is 1. The third-order valence-corrected chi connectivity index (χ3v) is 2.65. The number of hydrogen-bond donors (Lipinski definition) is 2. The Bertz CT molecular complexity index is 412.